The Morgan fingerprint density at radius 2 is 2.33 bits per heavy atom. The molecule has 0 saturated heterocycles. The molecule has 96 valence electrons. The van der Waals surface area contributed by atoms with Crippen LogP contribution in [0.2, 0.25) is 5.02 Å². The second kappa shape index (κ2) is 5.84. The van der Waals surface area contributed by atoms with Gasteiger partial charge in [0.15, 0.2) is 0 Å². The Bertz CT molecular complexity index is 541. The van der Waals surface area contributed by atoms with Gasteiger partial charge in [-0.15, -0.1) is 0 Å². The molecule has 0 bridgehead atoms. The number of halogens is 2. The first-order chi connectivity index (χ1) is 8.60. The lowest BCUT2D eigenvalue weighted by Gasteiger charge is -2.16. The predicted octanol–water partition coefficient (Wildman–Crippen LogP) is 2.58. The van der Waals surface area contributed by atoms with Crippen LogP contribution in [0.4, 0.5) is 0 Å². The molecular weight excluding hydrogens is 316 g/mol. The summed E-state index contributed by atoms with van der Waals surface area (Å²) in [6.07, 6.45) is 4.60. The molecule has 0 radical (unpaired) electrons. The Balaban J connectivity index is 2.19. The zero-order valence-electron chi connectivity index (χ0n) is 9.90. The van der Waals surface area contributed by atoms with Crippen LogP contribution >= 0.6 is 27.5 Å². The summed E-state index contributed by atoms with van der Waals surface area (Å²) in [5, 5.41) is 4.84. The molecule has 0 fully saturated rings. The number of nitrogens with two attached hydrogens (primary N) is 1. The molecule has 6 heteroatoms. The molecule has 0 amide bonds. The van der Waals surface area contributed by atoms with Crippen LogP contribution in [-0.2, 0) is 13.5 Å². The van der Waals surface area contributed by atoms with Crippen LogP contribution in [0.5, 0.6) is 0 Å². The highest BCUT2D eigenvalue weighted by atomic mass is 79.9. The molecule has 0 aliphatic carbocycles. The van der Waals surface area contributed by atoms with Crippen LogP contribution in [-0.4, -0.2) is 9.78 Å². The molecule has 1 atom stereocenters. The van der Waals surface area contributed by atoms with Crippen molar-refractivity contribution >= 4 is 27.5 Å². The second-order valence-corrected chi connectivity index (χ2v) is 5.38. The van der Waals surface area contributed by atoms with E-state index in [9.17, 15) is 0 Å². The summed E-state index contributed by atoms with van der Waals surface area (Å²) in [7, 11) is 1.90. The quantitative estimate of drug-likeness (QED) is 0.669. The van der Waals surface area contributed by atoms with Gasteiger partial charge in [0.05, 0.1) is 17.3 Å². The zero-order chi connectivity index (χ0) is 13.1. The van der Waals surface area contributed by atoms with E-state index >= 15 is 0 Å². The molecule has 0 aliphatic heterocycles. The van der Waals surface area contributed by atoms with Crippen molar-refractivity contribution in [3.8, 4) is 0 Å². The molecule has 0 aliphatic rings. The number of rotatable bonds is 4. The van der Waals surface area contributed by atoms with Gasteiger partial charge in [0.2, 0.25) is 0 Å². The Hall–Kier alpha value is -0.880. The van der Waals surface area contributed by atoms with Crippen LogP contribution in [0.1, 0.15) is 17.2 Å². The Labute approximate surface area is 119 Å². The third kappa shape index (κ3) is 3.11. The predicted molar refractivity (Wildman–Crippen MR) is 76.1 cm³/mol. The van der Waals surface area contributed by atoms with Gasteiger partial charge in [-0.2, -0.15) is 5.10 Å². The highest BCUT2D eigenvalue weighted by Crippen LogP contribution is 2.27. The van der Waals surface area contributed by atoms with E-state index in [-0.39, 0.29) is 6.04 Å². The van der Waals surface area contributed by atoms with Gasteiger partial charge >= 0.3 is 0 Å². The van der Waals surface area contributed by atoms with E-state index in [0.717, 1.165) is 22.0 Å². The first-order valence-electron chi connectivity index (χ1n) is 5.48. The van der Waals surface area contributed by atoms with Crippen LogP contribution in [0.3, 0.4) is 0 Å². The molecule has 2 aromatic rings. The van der Waals surface area contributed by atoms with E-state index in [1.54, 1.807) is 4.68 Å². The lowest BCUT2D eigenvalue weighted by atomic mass is 10.0. The van der Waals surface area contributed by atoms with Crippen molar-refractivity contribution < 1.29 is 0 Å². The highest BCUT2D eigenvalue weighted by molar-refractivity contribution is 9.10. The topological polar surface area (TPSA) is 55.9 Å². The molecule has 0 saturated carbocycles. The number of nitrogens with zero attached hydrogens (tertiary/aromatic N) is 2. The summed E-state index contributed by atoms with van der Waals surface area (Å²) >= 11 is 9.40. The third-order valence-electron chi connectivity index (χ3n) is 2.75. The fourth-order valence-electron chi connectivity index (χ4n) is 1.82. The van der Waals surface area contributed by atoms with Crippen molar-refractivity contribution in [2.75, 3.05) is 0 Å². The molecule has 1 aromatic carbocycles. The first kappa shape index (κ1) is 13.5. The van der Waals surface area contributed by atoms with Gasteiger partial charge < -0.3 is 0 Å². The molecule has 4 nitrogen and oxygen atoms in total. The van der Waals surface area contributed by atoms with Gasteiger partial charge in [-0.25, -0.2) is 0 Å². The van der Waals surface area contributed by atoms with Crippen LogP contribution in [0.25, 0.3) is 0 Å². The molecule has 1 unspecified atom stereocenters. The highest BCUT2D eigenvalue weighted by Gasteiger charge is 2.12. The summed E-state index contributed by atoms with van der Waals surface area (Å²) in [5.74, 6) is 5.62. The molecule has 3 N–H and O–H groups in total. The summed E-state index contributed by atoms with van der Waals surface area (Å²) in [5.41, 5.74) is 5.03. The maximum Gasteiger partial charge on any atom is 0.0548 e. The summed E-state index contributed by atoms with van der Waals surface area (Å²) in [4.78, 5) is 0. The molecule has 1 heterocycles. The van der Waals surface area contributed by atoms with Crippen molar-refractivity contribution in [1.82, 2.24) is 15.2 Å². The molecule has 0 spiro atoms. The maximum absolute atomic E-state index is 5.98. The number of nitrogens with one attached hydrogen (secondary N) is 1. The average Bonchev–Trinajstić information content (AvgIpc) is 2.75. The number of hydrogen-bond acceptors (Lipinski definition) is 3. The Morgan fingerprint density at radius 1 is 1.56 bits per heavy atom. The van der Waals surface area contributed by atoms with Gasteiger partial charge in [-0.1, -0.05) is 17.7 Å². The first-order valence-corrected chi connectivity index (χ1v) is 6.66. The van der Waals surface area contributed by atoms with Gasteiger partial charge in [0.25, 0.3) is 0 Å². The summed E-state index contributed by atoms with van der Waals surface area (Å²) < 4.78 is 2.65. The number of hydrazine groups is 1. The van der Waals surface area contributed by atoms with Crippen molar-refractivity contribution in [3.05, 3.63) is 51.2 Å². The van der Waals surface area contributed by atoms with Gasteiger partial charge in [-0.3, -0.25) is 16.0 Å². The van der Waals surface area contributed by atoms with Crippen molar-refractivity contribution in [2.24, 2.45) is 12.9 Å². The summed E-state index contributed by atoms with van der Waals surface area (Å²) in [6.45, 7) is 0. The molecular formula is C12H14BrClN4. The fourth-order valence-corrected chi connectivity index (χ4v) is 2.33. The van der Waals surface area contributed by atoms with Crippen LogP contribution in [0.15, 0.2) is 35.1 Å². The number of aromatic nitrogens is 2. The average molecular weight is 330 g/mol. The third-order valence-corrected chi connectivity index (χ3v) is 3.96. The standard InChI is InChI=1S/C12H14BrClN4/c1-18-7-8(6-16-18)4-12(17-15)9-2-3-11(14)10(13)5-9/h2-3,5-7,12,17H,4,15H2,1H3. The minimum Gasteiger partial charge on any atom is -0.276 e. The van der Waals surface area contributed by atoms with E-state index in [0.29, 0.717) is 5.02 Å². The van der Waals surface area contributed by atoms with E-state index in [1.807, 2.05) is 37.6 Å². The minimum atomic E-state index is 0.0303. The van der Waals surface area contributed by atoms with Crippen LogP contribution < -0.4 is 11.3 Å². The van der Waals surface area contributed by atoms with Gasteiger partial charge in [0.1, 0.15) is 0 Å². The lowest BCUT2D eigenvalue weighted by molar-refractivity contribution is 0.551. The Morgan fingerprint density at radius 3 is 2.89 bits per heavy atom. The van der Waals surface area contributed by atoms with E-state index in [2.05, 4.69) is 26.5 Å². The monoisotopic (exact) mass is 328 g/mol. The van der Waals surface area contributed by atoms with E-state index < -0.39 is 0 Å². The smallest absolute Gasteiger partial charge is 0.0548 e. The van der Waals surface area contributed by atoms with Crippen LogP contribution in [0, 0.1) is 0 Å². The number of benzene rings is 1. The van der Waals surface area contributed by atoms with Crippen molar-refractivity contribution in [2.45, 2.75) is 12.5 Å². The fraction of sp³-hybridized carbons (Fsp3) is 0.250. The number of hydrogen-bond donors (Lipinski definition) is 2. The number of aryl methyl sites for hydroxylation is 1. The van der Waals surface area contributed by atoms with E-state index in [4.69, 9.17) is 17.4 Å². The largest absolute Gasteiger partial charge is 0.276 e. The normalized spacial score (nSPS) is 12.7. The SMILES string of the molecule is Cn1cc(CC(NN)c2ccc(Cl)c(Br)c2)cn1. The zero-order valence-corrected chi connectivity index (χ0v) is 12.2. The van der Waals surface area contributed by atoms with Gasteiger partial charge in [0, 0.05) is 17.7 Å². The van der Waals surface area contributed by atoms with Crippen molar-refractivity contribution in [3.63, 3.8) is 0 Å². The summed E-state index contributed by atoms with van der Waals surface area (Å²) in [6, 6.07) is 5.83. The second-order valence-electron chi connectivity index (χ2n) is 4.12. The van der Waals surface area contributed by atoms with E-state index in [1.165, 1.54) is 0 Å². The minimum absolute atomic E-state index is 0.0303. The lowest BCUT2D eigenvalue weighted by Crippen LogP contribution is -2.29. The molecule has 1 aromatic heterocycles. The van der Waals surface area contributed by atoms with Crippen molar-refractivity contribution in [1.29, 1.82) is 0 Å². The Kier molecular flexibility index (Phi) is 4.40. The molecule has 18 heavy (non-hydrogen) atoms. The molecule has 2 rings (SSSR count). The maximum atomic E-state index is 5.98. The van der Waals surface area contributed by atoms with Gasteiger partial charge in [-0.05, 0) is 45.6 Å².